The molecule has 2 aliphatic rings. The zero-order valence-corrected chi connectivity index (χ0v) is 13.6. The lowest BCUT2D eigenvalue weighted by Gasteiger charge is -2.30. The Morgan fingerprint density at radius 2 is 2.08 bits per heavy atom. The smallest absolute Gasteiger partial charge is 0.339 e. The molecular weight excluding hydrogens is 302 g/mol. The number of carbonyl (C=O) groups is 2. The van der Waals surface area contributed by atoms with Crippen LogP contribution in [0, 0.1) is 6.92 Å². The first kappa shape index (κ1) is 14.9. The zero-order chi connectivity index (χ0) is 16.7. The van der Waals surface area contributed by atoms with Gasteiger partial charge in [0.1, 0.15) is 6.10 Å². The summed E-state index contributed by atoms with van der Waals surface area (Å²) in [6.45, 7) is 2.78. The fourth-order valence-corrected chi connectivity index (χ4v) is 3.63. The first-order chi connectivity index (χ1) is 11.6. The molecule has 2 aliphatic heterocycles. The number of ether oxygens (including phenoxy) is 1. The van der Waals surface area contributed by atoms with E-state index in [4.69, 9.17) is 4.74 Å². The molecule has 4 rings (SSSR count). The lowest BCUT2D eigenvalue weighted by molar-refractivity contribution is -0.120. The van der Waals surface area contributed by atoms with Gasteiger partial charge in [-0.05, 0) is 37.5 Å². The molecule has 0 aliphatic carbocycles. The first-order valence-corrected chi connectivity index (χ1v) is 8.33. The van der Waals surface area contributed by atoms with Gasteiger partial charge in [-0.1, -0.05) is 35.9 Å². The Bertz CT molecular complexity index is 827. The van der Waals surface area contributed by atoms with Crippen molar-refractivity contribution in [2.45, 2.75) is 32.3 Å². The Kier molecular flexibility index (Phi) is 3.60. The van der Waals surface area contributed by atoms with E-state index in [1.54, 1.807) is 6.07 Å². The summed E-state index contributed by atoms with van der Waals surface area (Å²) in [7, 11) is 0. The normalized spacial score (nSPS) is 18.8. The fraction of sp³-hybridized carbons (Fsp3) is 0.300. The maximum absolute atomic E-state index is 12.9. The van der Waals surface area contributed by atoms with Crippen molar-refractivity contribution >= 4 is 17.6 Å². The number of rotatable bonds is 2. The molecule has 0 aromatic heterocycles. The highest BCUT2D eigenvalue weighted by Gasteiger charge is 2.34. The van der Waals surface area contributed by atoms with Gasteiger partial charge in [0.15, 0.2) is 0 Å². The minimum atomic E-state index is -0.475. The second-order valence-corrected chi connectivity index (χ2v) is 6.47. The maximum atomic E-state index is 12.9. The lowest BCUT2D eigenvalue weighted by Crippen LogP contribution is -2.36. The molecule has 24 heavy (non-hydrogen) atoms. The molecule has 0 N–H and O–H groups in total. The average molecular weight is 321 g/mol. The summed E-state index contributed by atoms with van der Waals surface area (Å²) in [4.78, 5) is 26.6. The number of esters is 1. The van der Waals surface area contributed by atoms with E-state index in [0.717, 1.165) is 30.6 Å². The molecule has 122 valence electrons. The largest absolute Gasteiger partial charge is 0.453 e. The van der Waals surface area contributed by atoms with Crippen molar-refractivity contribution in [1.82, 2.24) is 0 Å². The van der Waals surface area contributed by atoms with E-state index in [1.165, 1.54) is 11.1 Å². The summed E-state index contributed by atoms with van der Waals surface area (Å²) in [5, 5.41) is 0. The summed E-state index contributed by atoms with van der Waals surface area (Å²) in [6, 6.07) is 13.5. The third kappa shape index (κ3) is 2.48. The van der Waals surface area contributed by atoms with Gasteiger partial charge >= 0.3 is 5.97 Å². The molecule has 0 radical (unpaired) electrons. The average Bonchev–Trinajstić information content (AvgIpc) is 2.90. The van der Waals surface area contributed by atoms with Gasteiger partial charge in [0.05, 0.1) is 12.0 Å². The number of hydrogen-bond acceptors (Lipinski definition) is 3. The van der Waals surface area contributed by atoms with Crippen LogP contribution < -0.4 is 4.90 Å². The minimum Gasteiger partial charge on any atom is -0.453 e. The highest BCUT2D eigenvalue weighted by molar-refractivity contribution is 5.98. The molecule has 1 atom stereocenters. The van der Waals surface area contributed by atoms with Crippen molar-refractivity contribution in [1.29, 1.82) is 0 Å². The van der Waals surface area contributed by atoms with Gasteiger partial charge in [0.25, 0.3) is 0 Å². The van der Waals surface area contributed by atoms with Crippen LogP contribution in [-0.2, 0) is 16.0 Å². The van der Waals surface area contributed by atoms with Crippen LogP contribution in [-0.4, -0.2) is 18.4 Å². The number of fused-ring (bicyclic) bond motifs is 2. The van der Waals surface area contributed by atoms with Crippen LogP contribution in [0.25, 0.3) is 0 Å². The second kappa shape index (κ2) is 5.78. The number of anilines is 1. The molecular formula is C20H19NO3. The quantitative estimate of drug-likeness (QED) is 0.794. The fourth-order valence-electron chi connectivity index (χ4n) is 3.63. The van der Waals surface area contributed by atoms with E-state index in [9.17, 15) is 9.59 Å². The number of nitrogens with zero attached hydrogens (tertiary/aromatic N) is 1. The number of cyclic esters (lactones) is 1. The molecule has 4 nitrogen and oxygen atoms in total. The topological polar surface area (TPSA) is 46.6 Å². The Morgan fingerprint density at radius 1 is 1.25 bits per heavy atom. The second-order valence-electron chi connectivity index (χ2n) is 6.47. The Labute approximate surface area is 141 Å². The number of aryl methyl sites for hydroxylation is 2. The minimum absolute atomic E-state index is 0.00862. The van der Waals surface area contributed by atoms with Crippen molar-refractivity contribution < 1.29 is 14.3 Å². The van der Waals surface area contributed by atoms with Crippen molar-refractivity contribution in [2.24, 2.45) is 0 Å². The molecule has 0 bridgehead atoms. The van der Waals surface area contributed by atoms with Gasteiger partial charge in [0.2, 0.25) is 5.91 Å². The summed E-state index contributed by atoms with van der Waals surface area (Å²) < 4.78 is 5.41. The van der Waals surface area contributed by atoms with E-state index in [2.05, 4.69) is 13.0 Å². The predicted octanol–water partition coefficient (Wildman–Crippen LogP) is 3.58. The molecule has 2 aromatic carbocycles. The molecule has 2 aromatic rings. The van der Waals surface area contributed by atoms with Crippen molar-refractivity contribution in [2.75, 3.05) is 11.4 Å². The van der Waals surface area contributed by atoms with Gasteiger partial charge < -0.3 is 9.64 Å². The molecule has 4 heteroatoms. The van der Waals surface area contributed by atoms with Gasteiger partial charge in [-0.2, -0.15) is 0 Å². The van der Waals surface area contributed by atoms with E-state index >= 15 is 0 Å². The Balaban J connectivity index is 1.58. The predicted molar refractivity (Wildman–Crippen MR) is 91.1 cm³/mol. The van der Waals surface area contributed by atoms with Crippen molar-refractivity contribution in [3.8, 4) is 0 Å². The van der Waals surface area contributed by atoms with E-state index < -0.39 is 6.10 Å². The third-order valence-electron chi connectivity index (χ3n) is 4.79. The van der Waals surface area contributed by atoms with Gasteiger partial charge in [0, 0.05) is 17.8 Å². The zero-order valence-electron chi connectivity index (χ0n) is 13.6. The highest BCUT2D eigenvalue weighted by atomic mass is 16.5. The molecule has 0 unspecified atom stereocenters. The monoisotopic (exact) mass is 321 g/mol. The molecule has 2 heterocycles. The van der Waals surface area contributed by atoms with Crippen LogP contribution in [0.4, 0.5) is 5.69 Å². The molecule has 0 fully saturated rings. The number of amides is 1. The summed E-state index contributed by atoms with van der Waals surface area (Å²) in [5.74, 6) is -0.327. The first-order valence-electron chi connectivity index (χ1n) is 8.33. The van der Waals surface area contributed by atoms with Gasteiger partial charge in [-0.15, -0.1) is 0 Å². The number of carbonyl (C=O) groups excluding carboxylic acids is 2. The lowest BCUT2D eigenvalue weighted by atomic mass is 9.98. The summed E-state index contributed by atoms with van der Waals surface area (Å²) in [6.07, 6.45) is 1.68. The van der Waals surface area contributed by atoms with Crippen LogP contribution in [0.15, 0.2) is 42.5 Å². The van der Waals surface area contributed by atoms with Crippen molar-refractivity contribution in [3.63, 3.8) is 0 Å². The molecule has 0 saturated carbocycles. The molecule has 0 saturated heterocycles. The van der Waals surface area contributed by atoms with E-state index in [0.29, 0.717) is 5.56 Å². The van der Waals surface area contributed by atoms with Gasteiger partial charge in [-0.25, -0.2) is 4.79 Å². The molecule has 0 spiro atoms. The number of benzene rings is 2. The van der Waals surface area contributed by atoms with E-state index in [1.807, 2.05) is 35.2 Å². The van der Waals surface area contributed by atoms with Gasteiger partial charge in [-0.3, -0.25) is 4.79 Å². The van der Waals surface area contributed by atoms with Crippen LogP contribution in [0.5, 0.6) is 0 Å². The van der Waals surface area contributed by atoms with Crippen LogP contribution in [0.1, 0.15) is 46.0 Å². The summed E-state index contributed by atoms with van der Waals surface area (Å²) >= 11 is 0. The van der Waals surface area contributed by atoms with Crippen LogP contribution in [0.2, 0.25) is 0 Å². The summed E-state index contributed by atoms with van der Waals surface area (Å²) in [5.41, 5.74) is 4.82. The SMILES string of the molecule is Cc1ccc2c(c1)CCCN2C(=O)C[C@@H]1OC(=O)c2ccccc21. The van der Waals surface area contributed by atoms with Crippen LogP contribution >= 0.6 is 0 Å². The highest BCUT2D eigenvalue weighted by Crippen LogP contribution is 2.35. The maximum Gasteiger partial charge on any atom is 0.339 e. The van der Waals surface area contributed by atoms with Crippen molar-refractivity contribution in [3.05, 3.63) is 64.7 Å². The van der Waals surface area contributed by atoms with Crippen LogP contribution in [0.3, 0.4) is 0 Å². The Hall–Kier alpha value is -2.62. The van der Waals surface area contributed by atoms with E-state index in [-0.39, 0.29) is 18.3 Å². The number of hydrogen-bond donors (Lipinski definition) is 0. The standard InChI is InChI=1S/C20H19NO3/c1-13-8-9-17-14(11-13)5-4-10-21(17)19(22)12-18-15-6-2-3-7-16(15)20(23)24-18/h2-3,6-9,11,18H,4-5,10,12H2,1H3/t18-/m0/s1. The third-order valence-corrected chi connectivity index (χ3v) is 4.79. The molecule has 1 amide bonds. The Morgan fingerprint density at radius 3 is 2.96 bits per heavy atom.